The molecule has 2 rings (SSSR count). The molecule has 0 aliphatic rings. The van der Waals surface area contributed by atoms with Crippen LogP contribution < -0.4 is 4.72 Å². The van der Waals surface area contributed by atoms with E-state index >= 15 is 0 Å². The minimum absolute atomic E-state index is 0.0177. The van der Waals surface area contributed by atoms with Gasteiger partial charge in [0.15, 0.2) is 5.82 Å². The molecule has 0 unspecified atom stereocenters. The summed E-state index contributed by atoms with van der Waals surface area (Å²) in [6.07, 6.45) is 0. The molecule has 2 N–H and O–H groups in total. The van der Waals surface area contributed by atoms with Crippen molar-refractivity contribution in [1.82, 2.24) is 10.2 Å². The average Bonchev–Trinajstić information content (AvgIpc) is 2.74. The molecule has 0 aliphatic heterocycles. The van der Waals surface area contributed by atoms with E-state index < -0.39 is 10.0 Å². The predicted octanol–water partition coefficient (Wildman–Crippen LogP) is 2.04. The van der Waals surface area contributed by atoms with Crippen molar-refractivity contribution >= 4 is 27.4 Å². The van der Waals surface area contributed by atoms with E-state index in [2.05, 4.69) is 14.9 Å². The minimum Gasteiger partial charge on any atom is -0.281 e. The number of aryl methyl sites for hydroxylation is 1. The lowest BCUT2D eigenvalue weighted by Gasteiger charge is -2.07. The van der Waals surface area contributed by atoms with Crippen LogP contribution in [0.2, 0.25) is 5.02 Å². The maximum atomic E-state index is 12.2. The van der Waals surface area contributed by atoms with Crippen LogP contribution in [0.25, 0.3) is 0 Å². The monoisotopic (exact) mass is 296 g/mol. The first kappa shape index (κ1) is 13.4. The number of anilines is 1. The Balaban J connectivity index is 2.45. The maximum Gasteiger partial charge on any atom is 0.264 e. The fourth-order valence-corrected chi connectivity index (χ4v) is 2.89. The van der Waals surface area contributed by atoms with E-state index in [1.54, 1.807) is 6.92 Å². The molecule has 0 saturated heterocycles. The van der Waals surface area contributed by atoms with Crippen LogP contribution in [0.5, 0.6) is 0 Å². The Kier molecular flexibility index (Phi) is 3.46. The summed E-state index contributed by atoms with van der Waals surface area (Å²) in [7, 11) is -3.90. The predicted molar refractivity (Wildman–Crippen MR) is 70.3 cm³/mol. The zero-order valence-corrected chi connectivity index (χ0v) is 11.4. The average molecular weight is 297 g/mol. The first-order valence-electron chi connectivity index (χ1n) is 5.17. The molecule has 1 aromatic heterocycles. The van der Waals surface area contributed by atoms with Gasteiger partial charge in [-0.05, 0) is 25.1 Å². The number of benzene rings is 1. The standard InChI is InChI=1S/C11H9ClN4O2S/c1-7-4-11(15-14-7)16-19(17,18)10-5-9(12)3-2-8(10)6-13/h2-5H,1H3,(H2,14,15,16). The topological polar surface area (TPSA) is 98.6 Å². The Bertz CT molecular complexity index is 761. The second-order valence-corrected chi connectivity index (χ2v) is 5.88. The van der Waals surface area contributed by atoms with Crippen molar-refractivity contribution in [3.63, 3.8) is 0 Å². The molecular weight excluding hydrogens is 288 g/mol. The zero-order valence-electron chi connectivity index (χ0n) is 9.81. The van der Waals surface area contributed by atoms with Crippen molar-refractivity contribution in [2.24, 2.45) is 0 Å². The van der Waals surface area contributed by atoms with E-state index in [1.807, 2.05) is 6.07 Å². The Morgan fingerprint density at radius 3 is 2.74 bits per heavy atom. The number of aromatic nitrogens is 2. The second kappa shape index (κ2) is 4.91. The fraction of sp³-hybridized carbons (Fsp3) is 0.0909. The molecular formula is C11H9ClN4O2S. The summed E-state index contributed by atoms with van der Waals surface area (Å²) in [5.74, 6) is 0.154. The zero-order chi connectivity index (χ0) is 14.0. The molecule has 2 aromatic rings. The van der Waals surface area contributed by atoms with Gasteiger partial charge in [-0.1, -0.05) is 11.6 Å². The van der Waals surface area contributed by atoms with E-state index in [0.29, 0.717) is 5.69 Å². The number of hydrogen-bond acceptors (Lipinski definition) is 4. The Hall–Kier alpha value is -2.04. The van der Waals surface area contributed by atoms with Crippen molar-refractivity contribution in [2.75, 3.05) is 4.72 Å². The lowest BCUT2D eigenvalue weighted by Crippen LogP contribution is -2.14. The van der Waals surface area contributed by atoms with Gasteiger partial charge in [-0.3, -0.25) is 9.82 Å². The number of halogens is 1. The number of nitrogens with zero attached hydrogens (tertiary/aromatic N) is 2. The lowest BCUT2D eigenvalue weighted by atomic mass is 10.2. The molecule has 8 heteroatoms. The summed E-state index contributed by atoms with van der Waals surface area (Å²) >= 11 is 5.76. The number of H-pyrrole nitrogens is 1. The van der Waals surface area contributed by atoms with Crippen LogP contribution in [-0.2, 0) is 10.0 Å². The van der Waals surface area contributed by atoms with Crippen LogP contribution >= 0.6 is 11.6 Å². The van der Waals surface area contributed by atoms with Crippen molar-refractivity contribution in [2.45, 2.75) is 11.8 Å². The molecule has 98 valence electrons. The third-order valence-electron chi connectivity index (χ3n) is 2.30. The van der Waals surface area contributed by atoms with Crippen molar-refractivity contribution in [1.29, 1.82) is 5.26 Å². The number of rotatable bonds is 3. The molecule has 0 amide bonds. The Labute approximate surface area is 115 Å². The lowest BCUT2D eigenvalue weighted by molar-refractivity contribution is 0.600. The third-order valence-corrected chi connectivity index (χ3v) is 3.93. The van der Waals surface area contributed by atoms with Crippen LogP contribution in [0, 0.1) is 18.3 Å². The molecule has 0 saturated carbocycles. The van der Waals surface area contributed by atoms with E-state index in [1.165, 1.54) is 24.3 Å². The normalized spacial score (nSPS) is 11.0. The van der Waals surface area contributed by atoms with Gasteiger partial charge in [0.1, 0.15) is 11.0 Å². The molecule has 0 radical (unpaired) electrons. The highest BCUT2D eigenvalue weighted by Crippen LogP contribution is 2.22. The number of nitrogens with one attached hydrogen (secondary N) is 2. The van der Waals surface area contributed by atoms with Gasteiger partial charge in [-0.2, -0.15) is 10.4 Å². The summed E-state index contributed by atoms with van der Waals surface area (Å²) in [6.45, 7) is 1.74. The molecule has 19 heavy (non-hydrogen) atoms. The number of nitriles is 1. The number of sulfonamides is 1. The SMILES string of the molecule is Cc1cc(NS(=O)(=O)c2cc(Cl)ccc2C#N)n[nH]1. The Morgan fingerprint density at radius 1 is 1.42 bits per heavy atom. The van der Waals surface area contributed by atoms with Gasteiger partial charge >= 0.3 is 0 Å². The van der Waals surface area contributed by atoms with Crippen LogP contribution in [0.15, 0.2) is 29.2 Å². The molecule has 0 aliphatic carbocycles. The van der Waals surface area contributed by atoms with Crippen molar-refractivity contribution in [3.8, 4) is 6.07 Å². The van der Waals surface area contributed by atoms with Crippen LogP contribution in [0.3, 0.4) is 0 Å². The molecule has 1 aromatic carbocycles. The van der Waals surface area contributed by atoms with Crippen molar-refractivity contribution < 1.29 is 8.42 Å². The number of aromatic amines is 1. The highest BCUT2D eigenvalue weighted by Gasteiger charge is 2.20. The van der Waals surface area contributed by atoms with E-state index in [-0.39, 0.29) is 21.3 Å². The summed E-state index contributed by atoms with van der Waals surface area (Å²) in [6, 6.07) is 7.38. The largest absolute Gasteiger partial charge is 0.281 e. The fourth-order valence-electron chi connectivity index (χ4n) is 1.47. The van der Waals surface area contributed by atoms with Gasteiger partial charge in [-0.15, -0.1) is 0 Å². The van der Waals surface area contributed by atoms with Gasteiger partial charge in [-0.25, -0.2) is 8.42 Å². The van der Waals surface area contributed by atoms with Gasteiger partial charge in [0.05, 0.1) is 5.56 Å². The van der Waals surface area contributed by atoms with Gasteiger partial charge in [0.25, 0.3) is 10.0 Å². The molecule has 0 spiro atoms. The minimum atomic E-state index is -3.90. The van der Waals surface area contributed by atoms with E-state index in [0.717, 1.165) is 0 Å². The van der Waals surface area contributed by atoms with E-state index in [9.17, 15) is 8.42 Å². The highest BCUT2D eigenvalue weighted by molar-refractivity contribution is 7.92. The van der Waals surface area contributed by atoms with Crippen LogP contribution in [0.4, 0.5) is 5.82 Å². The molecule has 0 fully saturated rings. The third kappa shape index (κ3) is 2.86. The maximum absolute atomic E-state index is 12.2. The first-order valence-corrected chi connectivity index (χ1v) is 7.03. The second-order valence-electron chi connectivity index (χ2n) is 3.79. The smallest absolute Gasteiger partial charge is 0.264 e. The Morgan fingerprint density at radius 2 is 2.16 bits per heavy atom. The van der Waals surface area contributed by atoms with Crippen LogP contribution in [0.1, 0.15) is 11.3 Å². The quantitative estimate of drug-likeness (QED) is 0.905. The number of hydrogen-bond donors (Lipinski definition) is 2. The molecule has 1 heterocycles. The molecule has 0 bridgehead atoms. The summed E-state index contributed by atoms with van der Waals surface area (Å²) in [5.41, 5.74) is 0.730. The molecule has 6 nitrogen and oxygen atoms in total. The highest BCUT2D eigenvalue weighted by atomic mass is 35.5. The first-order chi connectivity index (χ1) is 8.92. The van der Waals surface area contributed by atoms with Crippen LogP contribution in [-0.4, -0.2) is 18.6 Å². The summed E-state index contributed by atoms with van der Waals surface area (Å²) in [4.78, 5) is -0.178. The van der Waals surface area contributed by atoms with Gasteiger partial charge in [0, 0.05) is 16.8 Å². The van der Waals surface area contributed by atoms with Gasteiger partial charge < -0.3 is 0 Å². The summed E-state index contributed by atoms with van der Waals surface area (Å²) in [5, 5.41) is 15.6. The molecule has 0 atom stereocenters. The summed E-state index contributed by atoms with van der Waals surface area (Å²) < 4.78 is 26.6. The van der Waals surface area contributed by atoms with Gasteiger partial charge in [0.2, 0.25) is 0 Å². The van der Waals surface area contributed by atoms with Crippen molar-refractivity contribution in [3.05, 3.63) is 40.5 Å². The van der Waals surface area contributed by atoms with E-state index in [4.69, 9.17) is 16.9 Å².